The molecule has 0 spiro atoms. The summed E-state index contributed by atoms with van der Waals surface area (Å²) in [4.78, 5) is 0. The lowest BCUT2D eigenvalue weighted by Gasteiger charge is -2.24. The molecule has 0 amide bonds. The Morgan fingerprint density at radius 2 is 2.00 bits per heavy atom. The van der Waals surface area contributed by atoms with Crippen molar-refractivity contribution in [2.75, 3.05) is 6.54 Å². The molecule has 0 radical (unpaired) electrons. The highest BCUT2D eigenvalue weighted by molar-refractivity contribution is 6.31. The number of nitrogens with one attached hydrogen (secondary N) is 1. The molecule has 2 N–H and O–H groups in total. The van der Waals surface area contributed by atoms with E-state index in [0.717, 1.165) is 5.56 Å². The molecule has 3 heteroatoms. The number of hydrogen-bond acceptors (Lipinski definition) is 2. The van der Waals surface area contributed by atoms with Gasteiger partial charge in [0.15, 0.2) is 0 Å². The van der Waals surface area contributed by atoms with Crippen molar-refractivity contribution < 1.29 is 5.11 Å². The van der Waals surface area contributed by atoms with E-state index in [1.165, 1.54) is 32.1 Å². The summed E-state index contributed by atoms with van der Waals surface area (Å²) >= 11 is 6.11. The maximum atomic E-state index is 10.2. The van der Waals surface area contributed by atoms with Gasteiger partial charge in [-0.2, -0.15) is 0 Å². The molecule has 1 saturated carbocycles. The van der Waals surface area contributed by atoms with E-state index in [1.54, 1.807) is 0 Å². The van der Waals surface area contributed by atoms with Gasteiger partial charge in [0.25, 0.3) is 0 Å². The molecule has 0 bridgehead atoms. The van der Waals surface area contributed by atoms with E-state index < -0.39 is 6.10 Å². The predicted octanol–water partition coefficient (Wildman–Crippen LogP) is 3.93. The molecular formula is C16H24ClNO. The second-order valence-electron chi connectivity index (χ2n) is 5.67. The zero-order valence-corrected chi connectivity index (χ0v) is 12.4. The molecule has 0 heterocycles. The van der Waals surface area contributed by atoms with Crippen LogP contribution in [0.4, 0.5) is 0 Å². The van der Waals surface area contributed by atoms with Gasteiger partial charge in [-0.25, -0.2) is 0 Å². The van der Waals surface area contributed by atoms with Crippen LogP contribution in [0.5, 0.6) is 0 Å². The standard InChI is InChI=1S/C16H24ClNO/c1-12-7-3-2-4-10-15(12)18-11-16(19)13-8-5-6-9-14(13)17/h5-6,8-9,12,15-16,18-19H,2-4,7,10-11H2,1H3. The molecule has 1 aliphatic rings. The van der Waals surface area contributed by atoms with Gasteiger partial charge in [-0.05, 0) is 24.8 Å². The monoisotopic (exact) mass is 281 g/mol. The van der Waals surface area contributed by atoms with E-state index in [9.17, 15) is 5.11 Å². The number of aliphatic hydroxyl groups is 1. The average Bonchev–Trinajstić information content (AvgIpc) is 2.61. The summed E-state index contributed by atoms with van der Waals surface area (Å²) in [5.74, 6) is 0.695. The van der Waals surface area contributed by atoms with Gasteiger partial charge in [0.2, 0.25) is 0 Å². The summed E-state index contributed by atoms with van der Waals surface area (Å²) in [5.41, 5.74) is 0.818. The van der Waals surface area contributed by atoms with Gasteiger partial charge >= 0.3 is 0 Å². The van der Waals surface area contributed by atoms with Crippen LogP contribution in [0.15, 0.2) is 24.3 Å². The Bertz CT molecular complexity index is 396. The van der Waals surface area contributed by atoms with Crippen molar-refractivity contribution in [3.8, 4) is 0 Å². The minimum atomic E-state index is -0.524. The molecule has 2 nitrogen and oxygen atoms in total. The second kappa shape index (κ2) is 7.28. The molecule has 1 aromatic rings. The van der Waals surface area contributed by atoms with Crippen molar-refractivity contribution in [1.29, 1.82) is 0 Å². The minimum Gasteiger partial charge on any atom is -0.387 e. The number of halogens is 1. The fourth-order valence-electron chi connectivity index (χ4n) is 2.91. The van der Waals surface area contributed by atoms with Gasteiger partial charge < -0.3 is 10.4 Å². The Balaban J connectivity index is 1.89. The summed E-state index contributed by atoms with van der Waals surface area (Å²) in [6, 6.07) is 8.05. The Kier molecular flexibility index (Phi) is 5.68. The van der Waals surface area contributed by atoms with Gasteiger partial charge in [0.05, 0.1) is 6.10 Å². The molecule has 0 saturated heterocycles. The molecule has 3 unspecified atom stereocenters. The smallest absolute Gasteiger partial charge is 0.0928 e. The summed E-state index contributed by atoms with van der Waals surface area (Å²) in [7, 11) is 0. The quantitative estimate of drug-likeness (QED) is 0.820. The normalized spacial score (nSPS) is 25.8. The van der Waals surface area contributed by atoms with Gasteiger partial charge in [-0.15, -0.1) is 0 Å². The van der Waals surface area contributed by atoms with Crippen molar-refractivity contribution in [3.05, 3.63) is 34.9 Å². The first-order valence-corrected chi connectivity index (χ1v) is 7.72. The molecule has 1 aromatic carbocycles. The zero-order chi connectivity index (χ0) is 13.7. The molecule has 0 aliphatic heterocycles. The van der Waals surface area contributed by atoms with Crippen LogP contribution in [0.1, 0.15) is 50.7 Å². The fourth-order valence-corrected chi connectivity index (χ4v) is 3.18. The Morgan fingerprint density at radius 3 is 2.79 bits per heavy atom. The number of rotatable bonds is 4. The minimum absolute atomic E-state index is 0.524. The van der Waals surface area contributed by atoms with Crippen LogP contribution < -0.4 is 5.32 Å². The molecular weight excluding hydrogens is 258 g/mol. The van der Waals surface area contributed by atoms with Crippen LogP contribution in [0.25, 0.3) is 0 Å². The Morgan fingerprint density at radius 1 is 1.26 bits per heavy atom. The first-order chi connectivity index (χ1) is 9.18. The average molecular weight is 282 g/mol. The third kappa shape index (κ3) is 4.20. The Hall–Kier alpha value is -0.570. The predicted molar refractivity (Wildman–Crippen MR) is 80.5 cm³/mol. The van der Waals surface area contributed by atoms with Gasteiger partial charge in [0, 0.05) is 23.2 Å². The largest absolute Gasteiger partial charge is 0.387 e. The summed E-state index contributed by atoms with van der Waals surface area (Å²) < 4.78 is 0. The van der Waals surface area contributed by atoms with Crippen LogP contribution in [0.2, 0.25) is 5.02 Å². The topological polar surface area (TPSA) is 32.3 Å². The first-order valence-electron chi connectivity index (χ1n) is 7.34. The number of hydrogen-bond donors (Lipinski definition) is 2. The van der Waals surface area contributed by atoms with E-state index >= 15 is 0 Å². The molecule has 1 aliphatic carbocycles. The Labute approximate surface area is 121 Å². The second-order valence-corrected chi connectivity index (χ2v) is 6.07. The first kappa shape index (κ1) is 14.8. The number of benzene rings is 1. The zero-order valence-electron chi connectivity index (χ0n) is 11.6. The highest BCUT2D eigenvalue weighted by Crippen LogP contribution is 2.25. The van der Waals surface area contributed by atoms with Crippen molar-refractivity contribution >= 4 is 11.6 Å². The van der Waals surface area contributed by atoms with Crippen LogP contribution in [-0.4, -0.2) is 17.7 Å². The van der Waals surface area contributed by atoms with Crippen LogP contribution in [0, 0.1) is 5.92 Å². The third-order valence-electron chi connectivity index (χ3n) is 4.20. The highest BCUT2D eigenvalue weighted by atomic mass is 35.5. The summed E-state index contributed by atoms with van der Waals surface area (Å²) in [6.45, 7) is 2.89. The van der Waals surface area contributed by atoms with Crippen LogP contribution in [-0.2, 0) is 0 Å². The SMILES string of the molecule is CC1CCCCCC1NCC(O)c1ccccc1Cl. The van der Waals surface area contributed by atoms with Gasteiger partial charge in [-0.3, -0.25) is 0 Å². The molecule has 3 atom stereocenters. The van der Waals surface area contributed by atoms with E-state index in [4.69, 9.17) is 11.6 Å². The number of aliphatic hydroxyl groups excluding tert-OH is 1. The molecule has 106 valence electrons. The summed E-state index contributed by atoms with van der Waals surface area (Å²) in [6.07, 6.45) is 5.96. The summed E-state index contributed by atoms with van der Waals surface area (Å²) in [5, 5.41) is 14.4. The maximum Gasteiger partial charge on any atom is 0.0928 e. The van der Waals surface area contributed by atoms with Gasteiger partial charge in [0.1, 0.15) is 0 Å². The molecule has 19 heavy (non-hydrogen) atoms. The van der Waals surface area contributed by atoms with Crippen molar-refractivity contribution in [2.24, 2.45) is 5.92 Å². The van der Waals surface area contributed by atoms with E-state index in [1.807, 2.05) is 24.3 Å². The third-order valence-corrected chi connectivity index (χ3v) is 4.54. The van der Waals surface area contributed by atoms with Crippen molar-refractivity contribution in [2.45, 2.75) is 51.2 Å². The molecule has 2 rings (SSSR count). The highest BCUT2D eigenvalue weighted by Gasteiger charge is 2.20. The molecule has 0 aromatic heterocycles. The van der Waals surface area contributed by atoms with Gasteiger partial charge in [-0.1, -0.05) is 56.0 Å². The van der Waals surface area contributed by atoms with Crippen LogP contribution in [0.3, 0.4) is 0 Å². The van der Waals surface area contributed by atoms with Crippen molar-refractivity contribution in [3.63, 3.8) is 0 Å². The lowest BCUT2D eigenvalue weighted by Crippen LogP contribution is -2.37. The van der Waals surface area contributed by atoms with Crippen molar-refractivity contribution in [1.82, 2.24) is 5.32 Å². The van der Waals surface area contributed by atoms with E-state index in [2.05, 4.69) is 12.2 Å². The van der Waals surface area contributed by atoms with E-state index in [0.29, 0.717) is 23.5 Å². The maximum absolute atomic E-state index is 10.2. The lowest BCUT2D eigenvalue weighted by atomic mass is 9.96. The fraction of sp³-hybridized carbons (Fsp3) is 0.625. The van der Waals surface area contributed by atoms with Crippen LogP contribution >= 0.6 is 11.6 Å². The van der Waals surface area contributed by atoms with E-state index in [-0.39, 0.29) is 0 Å². The lowest BCUT2D eigenvalue weighted by molar-refractivity contribution is 0.163. The molecule has 1 fully saturated rings.